The number of aliphatic imine (C=N–C) groups is 2. The van der Waals surface area contributed by atoms with E-state index in [4.69, 9.17) is 0 Å². The smallest absolute Gasteiger partial charge is 0.110 e. The van der Waals surface area contributed by atoms with Crippen LogP contribution >= 0.6 is 0 Å². The summed E-state index contributed by atoms with van der Waals surface area (Å²) in [6.07, 6.45) is 3.51. The number of rotatable bonds is 0. The topological polar surface area (TPSA) is 24.7 Å². The van der Waals surface area contributed by atoms with Gasteiger partial charge in [-0.2, -0.15) is 0 Å². The first-order chi connectivity index (χ1) is 4.11. The summed E-state index contributed by atoms with van der Waals surface area (Å²) in [6, 6.07) is 0.289. The molecule has 0 spiro atoms. The first-order valence-corrected chi connectivity index (χ1v) is 3.15. The molecule has 1 atom stereocenters. The molecule has 1 rings (SSSR count). The normalized spacial score (nSPS) is 25.4. The predicted octanol–water partition coefficient (Wildman–Crippen LogP) is 1.51. The van der Waals surface area contributed by atoms with Gasteiger partial charge in [-0.25, -0.2) is 4.99 Å². The SMILES string of the molecule is CC(C)(C)C1C=NC=N1. The molecule has 1 heterocycles. The molecule has 0 aromatic heterocycles. The molecule has 0 saturated carbocycles. The van der Waals surface area contributed by atoms with Crippen LogP contribution in [0.2, 0.25) is 0 Å². The fourth-order valence-corrected chi connectivity index (χ4v) is 0.716. The van der Waals surface area contributed by atoms with Crippen LogP contribution in [0.5, 0.6) is 0 Å². The molecular formula is C7H12N2. The monoisotopic (exact) mass is 124 g/mol. The highest BCUT2D eigenvalue weighted by Gasteiger charge is 2.22. The Labute approximate surface area is 55.7 Å². The lowest BCUT2D eigenvalue weighted by Crippen LogP contribution is -2.23. The van der Waals surface area contributed by atoms with Crippen molar-refractivity contribution in [1.82, 2.24) is 0 Å². The zero-order valence-corrected chi connectivity index (χ0v) is 6.13. The van der Waals surface area contributed by atoms with Crippen LogP contribution in [0.3, 0.4) is 0 Å². The summed E-state index contributed by atoms with van der Waals surface area (Å²) in [5.74, 6) is 0. The Bertz CT molecular complexity index is 139. The van der Waals surface area contributed by atoms with E-state index >= 15 is 0 Å². The maximum atomic E-state index is 4.16. The van der Waals surface area contributed by atoms with Crippen molar-refractivity contribution in [2.75, 3.05) is 0 Å². The lowest BCUT2D eigenvalue weighted by Gasteiger charge is -2.20. The van der Waals surface area contributed by atoms with E-state index < -0.39 is 0 Å². The average molecular weight is 124 g/mol. The van der Waals surface area contributed by atoms with Crippen molar-refractivity contribution in [3.63, 3.8) is 0 Å². The maximum Gasteiger partial charge on any atom is 0.110 e. The molecular weight excluding hydrogens is 112 g/mol. The van der Waals surface area contributed by atoms with Gasteiger partial charge in [0.2, 0.25) is 0 Å². The van der Waals surface area contributed by atoms with Gasteiger partial charge in [-0.3, -0.25) is 4.99 Å². The van der Waals surface area contributed by atoms with E-state index in [1.54, 1.807) is 6.34 Å². The van der Waals surface area contributed by atoms with Crippen LogP contribution in [0.1, 0.15) is 20.8 Å². The molecule has 0 aromatic carbocycles. The molecule has 2 nitrogen and oxygen atoms in total. The number of hydrogen-bond donors (Lipinski definition) is 0. The van der Waals surface area contributed by atoms with E-state index in [2.05, 4.69) is 30.8 Å². The Morgan fingerprint density at radius 2 is 2.00 bits per heavy atom. The fraction of sp³-hybridized carbons (Fsp3) is 0.714. The molecule has 1 aliphatic rings. The highest BCUT2D eigenvalue weighted by Crippen LogP contribution is 2.21. The van der Waals surface area contributed by atoms with Crippen molar-refractivity contribution in [1.29, 1.82) is 0 Å². The van der Waals surface area contributed by atoms with Crippen LogP contribution < -0.4 is 0 Å². The molecule has 0 aliphatic carbocycles. The van der Waals surface area contributed by atoms with Crippen LogP contribution in [-0.2, 0) is 0 Å². The van der Waals surface area contributed by atoms with Crippen LogP contribution in [0.25, 0.3) is 0 Å². The fourth-order valence-electron chi connectivity index (χ4n) is 0.716. The first-order valence-electron chi connectivity index (χ1n) is 3.15. The van der Waals surface area contributed by atoms with Gasteiger partial charge >= 0.3 is 0 Å². The van der Waals surface area contributed by atoms with E-state index in [9.17, 15) is 0 Å². The second-order valence-electron chi connectivity index (χ2n) is 3.37. The molecule has 50 valence electrons. The van der Waals surface area contributed by atoms with Gasteiger partial charge in [0.05, 0.1) is 6.04 Å². The lowest BCUT2D eigenvalue weighted by molar-refractivity contribution is 0.391. The lowest BCUT2D eigenvalue weighted by atomic mass is 9.88. The van der Waals surface area contributed by atoms with Crippen molar-refractivity contribution in [2.24, 2.45) is 15.4 Å². The molecule has 2 heteroatoms. The molecule has 0 bridgehead atoms. The summed E-state index contributed by atoms with van der Waals surface area (Å²) in [4.78, 5) is 8.07. The van der Waals surface area contributed by atoms with Gasteiger partial charge in [0.25, 0.3) is 0 Å². The molecule has 0 N–H and O–H groups in total. The van der Waals surface area contributed by atoms with E-state index in [1.807, 2.05) is 6.21 Å². The number of hydrogen-bond acceptors (Lipinski definition) is 2. The van der Waals surface area contributed by atoms with E-state index in [1.165, 1.54) is 0 Å². The zero-order chi connectivity index (χ0) is 6.91. The molecule has 1 unspecified atom stereocenters. The van der Waals surface area contributed by atoms with Gasteiger partial charge in [-0.05, 0) is 5.41 Å². The van der Waals surface area contributed by atoms with Crippen molar-refractivity contribution in [3.05, 3.63) is 0 Å². The molecule has 0 fully saturated rings. The Hall–Kier alpha value is -0.660. The van der Waals surface area contributed by atoms with Crippen LogP contribution in [0.4, 0.5) is 0 Å². The quantitative estimate of drug-likeness (QED) is 0.467. The Morgan fingerprint density at radius 3 is 2.22 bits per heavy atom. The molecule has 1 aliphatic heterocycles. The van der Waals surface area contributed by atoms with Gasteiger partial charge in [0, 0.05) is 6.21 Å². The highest BCUT2D eigenvalue weighted by molar-refractivity contribution is 5.82. The largest absolute Gasteiger partial charge is 0.264 e. The molecule has 9 heavy (non-hydrogen) atoms. The van der Waals surface area contributed by atoms with Gasteiger partial charge in [0.1, 0.15) is 6.34 Å². The Kier molecular flexibility index (Phi) is 1.39. The minimum atomic E-state index is 0.233. The summed E-state index contributed by atoms with van der Waals surface area (Å²) in [5, 5.41) is 0. The summed E-state index contributed by atoms with van der Waals surface area (Å²) in [6.45, 7) is 6.48. The molecule has 0 amide bonds. The highest BCUT2D eigenvalue weighted by atomic mass is 15.0. The minimum absolute atomic E-state index is 0.233. The Morgan fingerprint density at radius 1 is 1.33 bits per heavy atom. The summed E-state index contributed by atoms with van der Waals surface area (Å²) >= 11 is 0. The van der Waals surface area contributed by atoms with E-state index in [-0.39, 0.29) is 11.5 Å². The average Bonchev–Trinajstić information content (AvgIpc) is 2.08. The predicted molar refractivity (Wildman–Crippen MR) is 40.2 cm³/mol. The van der Waals surface area contributed by atoms with Crippen molar-refractivity contribution < 1.29 is 0 Å². The summed E-state index contributed by atoms with van der Waals surface area (Å²) < 4.78 is 0. The van der Waals surface area contributed by atoms with Crippen molar-refractivity contribution >= 4 is 12.6 Å². The Balaban J connectivity index is 2.64. The van der Waals surface area contributed by atoms with Crippen molar-refractivity contribution in [2.45, 2.75) is 26.8 Å². The second kappa shape index (κ2) is 1.94. The van der Waals surface area contributed by atoms with E-state index in [0.29, 0.717) is 0 Å². The van der Waals surface area contributed by atoms with Gasteiger partial charge in [-0.1, -0.05) is 20.8 Å². The number of nitrogens with zero attached hydrogens (tertiary/aromatic N) is 2. The second-order valence-corrected chi connectivity index (χ2v) is 3.37. The first kappa shape index (κ1) is 6.46. The third-order valence-corrected chi connectivity index (χ3v) is 1.41. The standard InChI is InChI=1S/C7H12N2/c1-7(2,3)6-4-8-5-9-6/h4-6H,1-3H3. The zero-order valence-electron chi connectivity index (χ0n) is 6.13. The van der Waals surface area contributed by atoms with Gasteiger partial charge in [0.15, 0.2) is 0 Å². The molecule has 0 saturated heterocycles. The summed E-state index contributed by atoms with van der Waals surface area (Å²) in [5.41, 5.74) is 0.233. The minimum Gasteiger partial charge on any atom is -0.264 e. The van der Waals surface area contributed by atoms with Gasteiger partial charge < -0.3 is 0 Å². The maximum absolute atomic E-state index is 4.16. The molecule has 0 radical (unpaired) electrons. The molecule has 0 aromatic rings. The van der Waals surface area contributed by atoms with Crippen LogP contribution in [-0.4, -0.2) is 18.6 Å². The third-order valence-electron chi connectivity index (χ3n) is 1.41. The third kappa shape index (κ3) is 1.37. The van der Waals surface area contributed by atoms with E-state index in [0.717, 1.165) is 0 Å². The van der Waals surface area contributed by atoms with Crippen LogP contribution in [0.15, 0.2) is 9.98 Å². The summed E-state index contributed by atoms with van der Waals surface area (Å²) in [7, 11) is 0. The van der Waals surface area contributed by atoms with Crippen molar-refractivity contribution in [3.8, 4) is 0 Å². The van der Waals surface area contributed by atoms with Gasteiger partial charge in [-0.15, -0.1) is 0 Å². The van der Waals surface area contributed by atoms with Crippen LogP contribution in [0, 0.1) is 5.41 Å².